The second-order valence-corrected chi connectivity index (χ2v) is 5.55. The number of carboxylic acid groups (broad SMARTS) is 3. The Hall–Kier alpha value is -3.22. The van der Waals surface area contributed by atoms with E-state index < -0.39 is 73.1 Å². The van der Waals surface area contributed by atoms with Gasteiger partial charge >= 0.3 is 17.9 Å². The first kappa shape index (κ1) is 23.8. The molecule has 13 nitrogen and oxygen atoms in total. The second kappa shape index (κ2) is 11.4. The van der Waals surface area contributed by atoms with Crippen LogP contribution in [0.1, 0.15) is 26.2 Å². The summed E-state index contributed by atoms with van der Waals surface area (Å²) in [5, 5.41) is 32.3. The van der Waals surface area contributed by atoms with Crippen molar-refractivity contribution in [2.75, 3.05) is 6.54 Å². The smallest absolute Gasteiger partial charge is 0.322 e. The minimum Gasteiger partial charge on any atom is -0.481 e. The molecule has 0 aliphatic rings. The zero-order chi connectivity index (χ0) is 21.1. The van der Waals surface area contributed by atoms with Crippen LogP contribution in [0.5, 0.6) is 0 Å². The molecule has 152 valence electrons. The normalized spacial score (nSPS) is 13.6. The molecular weight excluding hydrogens is 368 g/mol. The van der Waals surface area contributed by atoms with Crippen LogP contribution in [0.25, 0.3) is 0 Å². The molecule has 3 amide bonds. The fraction of sp³-hybridized carbons (Fsp3) is 0.571. The topological polar surface area (TPSA) is 225 Å². The van der Waals surface area contributed by atoms with E-state index in [0.717, 1.165) is 0 Å². The number of aliphatic carboxylic acids is 3. The monoisotopic (exact) mass is 390 g/mol. The maximum Gasteiger partial charge on any atom is 0.322 e. The molecule has 8 N–H and O–H groups in total. The average molecular weight is 390 g/mol. The zero-order valence-electron chi connectivity index (χ0n) is 14.4. The summed E-state index contributed by atoms with van der Waals surface area (Å²) in [6.45, 7) is 0.531. The molecule has 0 rings (SSSR count). The number of nitrogens with one attached hydrogen (secondary N) is 3. The molecule has 0 bridgehead atoms. The first-order valence-electron chi connectivity index (χ1n) is 7.73. The number of amides is 3. The lowest BCUT2D eigenvalue weighted by Gasteiger charge is -2.22. The van der Waals surface area contributed by atoms with Gasteiger partial charge in [0.25, 0.3) is 0 Å². The van der Waals surface area contributed by atoms with Gasteiger partial charge in [0, 0.05) is 6.42 Å². The Labute approximate surface area is 153 Å². The summed E-state index contributed by atoms with van der Waals surface area (Å²) in [6.07, 6.45) is -1.69. The first-order chi connectivity index (χ1) is 12.4. The maximum atomic E-state index is 12.3. The van der Waals surface area contributed by atoms with E-state index in [1.54, 1.807) is 0 Å². The van der Waals surface area contributed by atoms with Gasteiger partial charge in [-0.15, -0.1) is 0 Å². The Balaban J connectivity index is 5.21. The van der Waals surface area contributed by atoms with Crippen LogP contribution in [0.2, 0.25) is 0 Å². The van der Waals surface area contributed by atoms with Gasteiger partial charge in [-0.1, -0.05) is 0 Å². The summed E-state index contributed by atoms with van der Waals surface area (Å²) in [6, 6.07) is -4.02. The second-order valence-electron chi connectivity index (χ2n) is 5.55. The van der Waals surface area contributed by atoms with Crippen molar-refractivity contribution in [1.82, 2.24) is 16.0 Å². The Morgan fingerprint density at radius 1 is 0.815 bits per heavy atom. The molecule has 0 aromatic rings. The number of nitrogens with two attached hydrogens (primary N) is 1. The lowest BCUT2D eigenvalue weighted by atomic mass is 10.1. The van der Waals surface area contributed by atoms with Crippen LogP contribution in [0.15, 0.2) is 0 Å². The SMILES string of the molecule is CC(N)C(=O)NC(CCC(=O)O)C(=O)NC(CC(=O)O)C(=O)NCC(=O)O. The Kier molecular flexibility index (Phi) is 10.0. The Morgan fingerprint density at radius 3 is 1.81 bits per heavy atom. The summed E-state index contributed by atoms with van der Waals surface area (Å²) < 4.78 is 0. The number of hydrogen-bond donors (Lipinski definition) is 7. The molecule has 0 heterocycles. The highest BCUT2D eigenvalue weighted by molar-refractivity contribution is 5.95. The van der Waals surface area contributed by atoms with Gasteiger partial charge < -0.3 is 37.0 Å². The molecule has 3 unspecified atom stereocenters. The van der Waals surface area contributed by atoms with Crippen molar-refractivity contribution in [3.8, 4) is 0 Å². The average Bonchev–Trinajstić information content (AvgIpc) is 2.54. The van der Waals surface area contributed by atoms with Crippen molar-refractivity contribution in [1.29, 1.82) is 0 Å². The summed E-state index contributed by atoms with van der Waals surface area (Å²) >= 11 is 0. The van der Waals surface area contributed by atoms with Gasteiger partial charge in [0.05, 0.1) is 12.5 Å². The van der Waals surface area contributed by atoms with E-state index in [1.807, 2.05) is 5.32 Å². The number of hydrogen-bond acceptors (Lipinski definition) is 7. The molecule has 13 heteroatoms. The van der Waals surface area contributed by atoms with Crippen LogP contribution in [0.4, 0.5) is 0 Å². The predicted octanol–water partition coefficient (Wildman–Crippen LogP) is -3.16. The third-order valence-electron chi connectivity index (χ3n) is 3.12. The van der Waals surface area contributed by atoms with E-state index in [0.29, 0.717) is 0 Å². The van der Waals surface area contributed by atoms with Gasteiger partial charge in [-0.25, -0.2) is 0 Å². The fourth-order valence-corrected chi connectivity index (χ4v) is 1.78. The van der Waals surface area contributed by atoms with Crippen molar-refractivity contribution >= 4 is 35.6 Å². The summed E-state index contributed by atoms with van der Waals surface area (Å²) in [4.78, 5) is 67.9. The van der Waals surface area contributed by atoms with Crippen molar-refractivity contribution in [3.63, 3.8) is 0 Å². The molecule has 0 aromatic heterocycles. The van der Waals surface area contributed by atoms with Crippen molar-refractivity contribution in [2.24, 2.45) is 5.73 Å². The zero-order valence-corrected chi connectivity index (χ0v) is 14.4. The molecule has 0 fully saturated rings. The van der Waals surface area contributed by atoms with Gasteiger partial charge in [0.2, 0.25) is 17.7 Å². The van der Waals surface area contributed by atoms with Crippen LogP contribution >= 0.6 is 0 Å². The van der Waals surface area contributed by atoms with Gasteiger partial charge in [-0.05, 0) is 13.3 Å². The highest BCUT2D eigenvalue weighted by atomic mass is 16.4. The first-order valence-corrected chi connectivity index (χ1v) is 7.73. The summed E-state index contributed by atoms with van der Waals surface area (Å²) in [5.41, 5.74) is 5.37. The molecule has 0 spiro atoms. The highest BCUT2D eigenvalue weighted by Crippen LogP contribution is 2.02. The molecule has 0 radical (unpaired) electrons. The molecule has 27 heavy (non-hydrogen) atoms. The lowest BCUT2D eigenvalue weighted by molar-refractivity contribution is -0.141. The van der Waals surface area contributed by atoms with Gasteiger partial charge in [0.1, 0.15) is 18.6 Å². The molecule has 3 atom stereocenters. The Bertz CT molecular complexity index is 605. The lowest BCUT2D eigenvalue weighted by Crippen LogP contribution is -2.56. The number of carbonyl (C=O) groups is 6. The minimum absolute atomic E-state index is 0.337. The predicted molar refractivity (Wildman–Crippen MR) is 87.3 cm³/mol. The quantitative estimate of drug-likeness (QED) is 0.177. The van der Waals surface area contributed by atoms with Crippen LogP contribution < -0.4 is 21.7 Å². The summed E-state index contributed by atoms with van der Waals surface area (Å²) in [5.74, 6) is -6.92. The third-order valence-corrected chi connectivity index (χ3v) is 3.12. The molecule has 0 saturated heterocycles. The summed E-state index contributed by atoms with van der Waals surface area (Å²) in [7, 11) is 0. The van der Waals surface area contributed by atoms with Crippen molar-refractivity contribution in [2.45, 2.75) is 44.3 Å². The van der Waals surface area contributed by atoms with Gasteiger partial charge in [-0.3, -0.25) is 28.8 Å². The van der Waals surface area contributed by atoms with Crippen molar-refractivity contribution < 1.29 is 44.1 Å². The Morgan fingerprint density at radius 2 is 1.37 bits per heavy atom. The number of carboxylic acids is 3. The van der Waals surface area contributed by atoms with Crippen LogP contribution in [0, 0.1) is 0 Å². The van der Waals surface area contributed by atoms with E-state index >= 15 is 0 Å². The van der Waals surface area contributed by atoms with Crippen LogP contribution in [0.3, 0.4) is 0 Å². The third kappa shape index (κ3) is 10.4. The van der Waals surface area contributed by atoms with Crippen LogP contribution in [-0.2, 0) is 28.8 Å². The van der Waals surface area contributed by atoms with Gasteiger partial charge in [0.15, 0.2) is 0 Å². The molecule has 0 saturated carbocycles. The number of rotatable bonds is 12. The standard InChI is InChI=1S/C14H22N4O9/c1-6(15)12(25)17-7(2-3-9(19)20)14(27)18-8(4-10(21)22)13(26)16-5-11(23)24/h6-8H,2-5,15H2,1H3,(H,16,26)(H,17,25)(H,18,27)(H,19,20)(H,21,22)(H,23,24). The number of carbonyl (C=O) groups excluding carboxylic acids is 3. The molecule has 0 aromatic carbocycles. The minimum atomic E-state index is -1.63. The van der Waals surface area contributed by atoms with E-state index in [-0.39, 0.29) is 6.42 Å². The van der Waals surface area contributed by atoms with Crippen molar-refractivity contribution in [3.05, 3.63) is 0 Å². The molecular formula is C14H22N4O9. The van der Waals surface area contributed by atoms with E-state index in [9.17, 15) is 28.8 Å². The van der Waals surface area contributed by atoms with Gasteiger partial charge in [-0.2, -0.15) is 0 Å². The van der Waals surface area contributed by atoms with Crippen LogP contribution in [-0.4, -0.2) is 75.6 Å². The van der Waals surface area contributed by atoms with E-state index in [1.165, 1.54) is 6.92 Å². The largest absolute Gasteiger partial charge is 0.481 e. The molecule has 0 aliphatic heterocycles. The van der Waals surface area contributed by atoms with E-state index in [2.05, 4.69) is 10.6 Å². The van der Waals surface area contributed by atoms with E-state index in [4.69, 9.17) is 21.1 Å². The fourth-order valence-electron chi connectivity index (χ4n) is 1.78. The molecule has 0 aliphatic carbocycles. The maximum absolute atomic E-state index is 12.3. The highest BCUT2D eigenvalue weighted by Gasteiger charge is 2.29.